The first kappa shape index (κ1) is 11.5. The molecule has 0 spiro atoms. The lowest BCUT2D eigenvalue weighted by Crippen LogP contribution is -2.48. The van der Waals surface area contributed by atoms with Gasteiger partial charge >= 0.3 is 7.12 Å². The van der Waals surface area contributed by atoms with Crippen LogP contribution in [0.2, 0.25) is 6.32 Å². The summed E-state index contributed by atoms with van der Waals surface area (Å²) in [5, 5.41) is 0. The SMILES string of the molecule is CCCCB1OC(C)C2CCCCC2O1. The second-order valence-corrected chi connectivity index (χ2v) is 5.04. The summed E-state index contributed by atoms with van der Waals surface area (Å²) < 4.78 is 12.0. The molecule has 2 fully saturated rings. The fraction of sp³-hybridized carbons (Fsp3) is 1.00. The molecular formula is C12H23BO2. The van der Waals surface area contributed by atoms with E-state index in [2.05, 4.69) is 13.8 Å². The van der Waals surface area contributed by atoms with E-state index in [1.807, 2.05) is 0 Å². The van der Waals surface area contributed by atoms with Crippen molar-refractivity contribution in [2.24, 2.45) is 5.92 Å². The molecule has 1 aliphatic carbocycles. The number of hydrogen-bond donors (Lipinski definition) is 0. The van der Waals surface area contributed by atoms with Gasteiger partial charge in [0.15, 0.2) is 0 Å². The fourth-order valence-corrected chi connectivity index (χ4v) is 2.91. The van der Waals surface area contributed by atoms with Crippen molar-refractivity contribution in [2.75, 3.05) is 0 Å². The first-order chi connectivity index (χ1) is 7.31. The molecule has 0 bridgehead atoms. The Morgan fingerprint density at radius 1 is 1.20 bits per heavy atom. The van der Waals surface area contributed by atoms with Gasteiger partial charge in [0.05, 0.1) is 0 Å². The molecule has 2 aliphatic rings. The zero-order valence-electron chi connectivity index (χ0n) is 10.1. The van der Waals surface area contributed by atoms with Crippen molar-refractivity contribution in [1.29, 1.82) is 0 Å². The van der Waals surface area contributed by atoms with Crippen LogP contribution < -0.4 is 0 Å². The largest absolute Gasteiger partial charge is 0.457 e. The molecule has 0 radical (unpaired) electrons. The Hall–Kier alpha value is -0.0151. The molecule has 0 aromatic heterocycles. The summed E-state index contributed by atoms with van der Waals surface area (Å²) in [5.41, 5.74) is 0. The van der Waals surface area contributed by atoms with Gasteiger partial charge in [0, 0.05) is 18.1 Å². The molecule has 0 N–H and O–H groups in total. The van der Waals surface area contributed by atoms with E-state index in [9.17, 15) is 0 Å². The Kier molecular flexibility index (Phi) is 4.09. The van der Waals surface area contributed by atoms with E-state index < -0.39 is 0 Å². The third kappa shape index (κ3) is 2.76. The van der Waals surface area contributed by atoms with E-state index in [0.29, 0.717) is 18.1 Å². The third-order valence-electron chi connectivity index (χ3n) is 3.84. The van der Waals surface area contributed by atoms with Crippen LogP contribution in [-0.2, 0) is 9.31 Å². The molecule has 2 nitrogen and oxygen atoms in total. The summed E-state index contributed by atoms with van der Waals surface area (Å²) in [5.74, 6) is 0.664. The highest BCUT2D eigenvalue weighted by Gasteiger charge is 2.40. The van der Waals surface area contributed by atoms with E-state index >= 15 is 0 Å². The van der Waals surface area contributed by atoms with Crippen LogP contribution in [0.5, 0.6) is 0 Å². The molecule has 15 heavy (non-hydrogen) atoms. The van der Waals surface area contributed by atoms with Gasteiger partial charge in [-0.15, -0.1) is 0 Å². The van der Waals surface area contributed by atoms with Crippen molar-refractivity contribution < 1.29 is 9.31 Å². The highest BCUT2D eigenvalue weighted by Crippen LogP contribution is 2.35. The zero-order valence-corrected chi connectivity index (χ0v) is 10.1. The predicted octanol–water partition coefficient (Wildman–Crippen LogP) is 3.27. The van der Waals surface area contributed by atoms with Gasteiger partial charge in [-0.3, -0.25) is 0 Å². The standard InChI is InChI=1S/C12H23BO2/c1-3-4-9-13-14-10(2)11-7-5-6-8-12(11)15-13/h10-12H,3-9H2,1-2H3. The van der Waals surface area contributed by atoms with Crippen LogP contribution in [0.25, 0.3) is 0 Å². The summed E-state index contributed by atoms with van der Waals surface area (Å²) >= 11 is 0. The fourth-order valence-electron chi connectivity index (χ4n) is 2.91. The van der Waals surface area contributed by atoms with E-state index in [4.69, 9.17) is 9.31 Å². The average molecular weight is 210 g/mol. The summed E-state index contributed by atoms with van der Waals surface area (Å²) in [7, 11) is 0.0827. The van der Waals surface area contributed by atoms with Crippen LogP contribution in [0, 0.1) is 5.92 Å². The van der Waals surface area contributed by atoms with E-state index in [0.717, 1.165) is 6.32 Å². The van der Waals surface area contributed by atoms with Crippen LogP contribution in [-0.4, -0.2) is 19.3 Å². The average Bonchev–Trinajstić information content (AvgIpc) is 2.26. The van der Waals surface area contributed by atoms with Crippen molar-refractivity contribution in [3.63, 3.8) is 0 Å². The predicted molar refractivity (Wildman–Crippen MR) is 62.8 cm³/mol. The number of hydrogen-bond acceptors (Lipinski definition) is 2. The molecule has 1 aliphatic heterocycles. The summed E-state index contributed by atoms with van der Waals surface area (Å²) in [6.45, 7) is 4.44. The highest BCUT2D eigenvalue weighted by atomic mass is 16.6. The maximum atomic E-state index is 6.04. The monoisotopic (exact) mass is 210 g/mol. The third-order valence-corrected chi connectivity index (χ3v) is 3.84. The van der Waals surface area contributed by atoms with Crippen molar-refractivity contribution in [1.82, 2.24) is 0 Å². The molecule has 1 heterocycles. The molecule has 2 rings (SSSR count). The Morgan fingerprint density at radius 2 is 2.00 bits per heavy atom. The summed E-state index contributed by atoms with van der Waals surface area (Å²) in [4.78, 5) is 0. The zero-order chi connectivity index (χ0) is 10.7. The quantitative estimate of drug-likeness (QED) is 0.665. The van der Waals surface area contributed by atoms with E-state index in [1.54, 1.807) is 0 Å². The Labute approximate surface area is 93.9 Å². The Bertz CT molecular complexity index is 198. The Morgan fingerprint density at radius 3 is 2.80 bits per heavy atom. The summed E-state index contributed by atoms with van der Waals surface area (Å²) in [6, 6.07) is 0. The molecule has 3 unspecified atom stereocenters. The number of unbranched alkanes of at least 4 members (excludes halogenated alkanes) is 1. The lowest BCUT2D eigenvalue weighted by atomic mass is 9.74. The molecule has 3 heteroatoms. The van der Waals surface area contributed by atoms with Gasteiger partial charge in [-0.25, -0.2) is 0 Å². The molecule has 0 amide bonds. The molecule has 1 saturated carbocycles. The molecule has 86 valence electrons. The van der Waals surface area contributed by atoms with Gasteiger partial charge in [0.25, 0.3) is 0 Å². The van der Waals surface area contributed by atoms with Crippen molar-refractivity contribution in [3.8, 4) is 0 Å². The van der Waals surface area contributed by atoms with Gasteiger partial charge < -0.3 is 9.31 Å². The maximum Gasteiger partial charge on any atom is 0.457 e. The van der Waals surface area contributed by atoms with Crippen LogP contribution >= 0.6 is 0 Å². The van der Waals surface area contributed by atoms with Crippen molar-refractivity contribution in [2.45, 2.75) is 70.9 Å². The number of fused-ring (bicyclic) bond motifs is 1. The topological polar surface area (TPSA) is 18.5 Å². The van der Waals surface area contributed by atoms with Crippen LogP contribution in [0.15, 0.2) is 0 Å². The van der Waals surface area contributed by atoms with Crippen molar-refractivity contribution >= 4 is 7.12 Å². The molecule has 0 aromatic carbocycles. The van der Waals surface area contributed by atoms with Crippen LogP contribution in [0.1, 0.15) is 52.4 Å². The molecule has 3 atom stereocenters. The van der Waals surface area contributed by atoms with Crippen LogP contribution in [0.3, 0.4) is 0 Å². The minimum absolute atomic E-state index is 0.0827. The number of rotatable bonds is 3. The highest BCUT2D eigenvalue weighted by molar-refractivity contribution is 6.44. The lowest BCUT2D eigenvalue weighted by molar-refractivity contribution is -0.0519. The molecule has 0 aromatic rings. The molecule has 1 saturated heterocycles. The minimum Gasteiger partial charge on any atom is -0.408 e. The first-order valence-electron chi connectivity index (χ1n) is 6.62. The maximum absolute atomic E-state index is 6.04. The van der Waals surface area contributed by atoms with Gasteiger partial charge in [-0.05, 0) is 26.1 Å². The summed E-state index contributed by atoms with van der Waals surface area (Å²) in [6.07, 6.45) is 9.67. The second-order valence-electron chi connectivity index (χ2n) is 5.04. The van der Waals surface area contributed by atoms with Gasteiger partial charge in [0.2, 0.25) is 0 Å². The smallest absolute Gasteiger partial charge is 0.408 e. The Balaban J connectivity index is 1.87. The normalized spacial score (nSPS) is 36.4. The lowest BCUT2D eigenvalue weighted by Gasteiger charge is -2.42. The minimum atomic E-state index is 0.0827. The first-order valence-corrected chi connectivity index (χ1v) is 6.62. The molecular weight excluding hydrogens is 187 g/mol. The van der Waals surface area contributed by atoms with Crippen LogP contribution in [0.4, 0.5) is 0 Å². The van der Waals surface area contributed by atoms with Crippen molar-refractivity contribution in [3.05, 3.63) is 0 Å². The van der Waals surface area contributed by atoms with Gasteiger partial charge in [0.1, 0.15) is 0 Å². The second kappa shape index (κ2) is 5.35. The van der Waals surface area contributed by atoms with Gasteiger partial charge in [-0.2, -0.15) is 0 Å². The van der Waals surface area contributed by atoms with Gasteiger partial charge in [-0.1, -0.05) is 32.6 Å². The van der Waals surface area contributed by atoms with E-state index in [1.165, 1.54) is 38.5 Å². The van der Waals surface area contributed by atoms with E-state index in [-0.39, 0.29) is 7.12 Å².